The van der Waals surface area contributed by atoms with Crippen LogP contribution in [0.3, 0.4) is 0 Å². The Morgan fingerprint density at radius 3 is 2.19 bits per heavy atom. The molecule has 3 aliphatic rings. The molecule has 1 aromatic heterocycles. The number of nitrogens with zero attached hydrogens (tertiary/aromatic N) is 2. The quantitative estimate of drug-likeness (QED) is 0.517. The molecule has 4 rings (SSSR count). The second-order valence-electron chi connectivity index (χ2n) is 8.54. The molecule has 37 heavy (non-hydrogen) atoms. The Hall–Kier alpha value is -2.65. The highest BCUT2D eigenvalue weighted by Gasteiger charge is 2.44. The van der Waals surface area contributed by atoms with Crippen LogP contribution in [0.15, 0.2) is 18.3 Å². The Kier molecular flexibility index (Phi) is 10.9. The molecule has 2 heterocycles. The number of fused-ring (bicyclic) bond motifs is 1. The average molecular weight is 546 g/mol. The summed E-state index contributed by atoms with van der Waals surface area (Å²) < 4.78 is 81.1. The van der Waals surface area contributed by atoms with Crippen LogP contribution in [0.5, 0.6) is 5.88 Å². The van der Waals surface area contributed by atoms with Crippen molar-refractivity contribution in [1.29, 1.82) is 0 Å². The molecule has 0 radical (unpaired) electrons. The molecule has 210 valence electrons. The minimum absolute atomic E-state index is 0.227. The van der Waals surface area contributed by atoms with E-state index >= 15 is 0 Å². The van der Waals surface area contributed by atoms with Crippen molar-refractivity contribution in [3.8, 4) is 5.88 Å². The summed E-state index contributed by atoms with van der Waals surface area (Å²) in [5.41, 5.74) is 1.15. The summed E-state index contributed by atoms with van der Waals surface area (Å²) in [5.74, 6) is -3.97. The summed E-state index contributed by atoms with van der Waals surface area (Å²) in [6.45, 7) is 3.55. The minimum atomic E-state index is -5.08. The van der Waals surface area contributed by atoms with Gasteiger partial charge in [-0.3, -0.25) is 4.90 Å². The molecule has 0 spiro atoms. The number of hydrogen-bond donors (Lipinski definition) is 2. The first kappa shape index (κ1) is 30.6. The largest absolute Gasteiger partial charge is 0.490 e. The number of aromatic nitrogens is 1. The third kappa shape index (κ3) is 9.97. The number of morpholine rings is 1. The van der Waals surface area contributed by atoms with Gasteiger partial charge in [0.05, 0.1) is 25.9 Å². The zero-order valence-corrected chi connectivity index (χ0v) is 19.8. The zero-order chi connectivity index (χ0) is 27.8. The van der Waals surface area contributed by atoms with E-state index in [1.54, 1.807) is 13.3 Å². The monoisotopic (exact) mass is 546 g/mol. The number of rotatable bonds is 6. The van der Waals surface area contributed by atoms with Crippen molar-refractivity contribution in [2.75, 3.05) is 26.9 Å². The summed E-state index contributed by atoms with van der Waals surface area (Å²) in [7, 11) is 1.69. The summed E-state index contributed by atoms with van der Waals surface area (Å²) in [4.78, 5) is 24.6. The lowest BCUT2D eigenvalue weighted by atomic mass is 10.1. The van der Waals surface area contributed by atoms with Crippen molar-refractivity contribution in [2.24, 2.45) is 5.92 Å². The molecule has 1 saturated heterocycles. The topological polar surface area (TPSA) is 118 Å². The van der Waals surface area contributed by atoms with Crippen molar-refractivity contribution in [3.05, 3.63) is 23.9 Å². The van der Waals surface area contributed by atoms with Gasteiger partial charge < -0.3 is 24.4 Å². The lowest BCUT2D eigenvalue weighted by Crippen LogP contribution is -2.51. The number of carboxylic acids is 2. The van der Waals surface area contributed by atoms with Gasteiger partial charge in [0.1, 0.15) is 0 Å². The second-order valence-corrected chi connectivity index (χ2v) is 8.54. The maximum Gasteiger partial charge on any atom is 0.490 e. The van der Waals surface area contributed by atoms with E-state index < -0.39 is 24.3 Å². The molecule has 0 bridgehead atoms. The van der Waals surface area contributed by atoms with Crippen molar-refractivity contribution < 1.29 is 60.4 Å². The van der Waals surface area contributed by atoms with Crippen LogP contribution in [0.1, 0.15) is 31.2 Å². The maximum absolute atomic E-state index is 10.6. The van der Waals surface area contributed by atoms with Crippen LogP contribution in [0, 0.1) is 5.92 Å². The van der Waals surface area contributed by atoms with Gasteiger partial charge in [0.25, 0.3) is 0 Å². The Morgan fingerprint density at radius 1 is 1.08 bits per heavy atom. The highest BCUT2D eigenvalue weighted by atomic mass is 19.4. The molecule has 0 amide bonds. The van der Waals surface area contributed by atoms with E-state index in [0.717, 1.165) is 56.5 Å². The Labute approximate surface area is 208 Å². The number of pyridine rings is 1. The second kappa shape index (κ2) is 13.2. The van der Waals surface area contributed by atoms with Gasteiger partial charge in [-0.2, -0.15) is 26.3 Å². The third-order valence-electron chi connectivity index (χ3n) is 5.80. The molecule has 15 heteroatoms. The number of aliphatic carboxylic acids is 2. The van der Waals surface area contributed by atoms with Crippen LogP contribution in [0.4, 0.5) is 26.3 Å². The van der Waals surface area contributed by atoms with E-state index in [1.807, 2.05) is 6.07 Å². The number of ether oxygens (including phenoxy) is 3. The first-order chi connectivity index (χ1) is 17.2. The predicted octanol–water partition coefficient (Wildman–Crippen LogP) is 3.52. The molecule has 3 atom stereocenters. The molecule has 0 aromatic carbocycles. The van der Waals surface area contributed by atoms with Crippen LogP contribution in [-0.4, -0.2) is 89.5 Å². The van der Waals surface area contributed by atoms with Crippen molar-refractivity contribution in [1.82, 2.24) is 9.88 Å². The van der Waals surface area contributed by atoms with E-state index in [-0.39, 0.29) is 12.2 Å². The van der Waals surface area contributed by atoms with Crippen LogP contribution >= 0.6 is 0 Å². The first-order valence-electron chi connectivity index (χ1n) is 11.3. The minimum Gasteiger partial charge on any atom is -0.481 e. The van der Waals surface area contributed by atoms with Crippen LogP contribution in [0.25, 0.3) is 0 Å². The summed E-state index contributed by atoms with van der Waals surface area (Å²) in [5, 5.41) is 14.2. The fourth-order valence-electron chi connectivity index (χ4n) is 3.86. The number of carboxylic acid groups (broad SMARTS) is 2. The molecular formula is C22H28F6N2O7. The summed E-state index contributed by atoms with van der Waals surface area (Å²) in [6, 6.07) is 4.54. The molecule has 2 saturated carbocycles. The van der Waals surface area contributed by atoms with E-state index in [9.17, 15) is 26.3 Å². The lowest BCUT2D eigenvalue weighted by Gasteiger charge is -2.39. The van der Waals surface area contributed by atoms with Gasteiger partial charge in [-0.15, -0.1) is 0 Å². The summed E-state index contributed by atoms with van der Waals surface area (Å²) in [6.07, 6.45) is -2.93. The van der Waals surface area contributed by atoms with Crippen LogP contribution in [-0.2, 0) is 25.6 Å². The Morgan fingerprint density at radius 2 is 1.68 bits per heavy atom. The van der Waals surface area contributed by atoms with E-state index in [2.05, 4.69) is 16.0 Å². The van der Waals surface area contributed by atoms with Gasteiger partial charge >= 0.3 is 24.3 Å². The summed E-state index contributed by atoms with van der Waals surface area (Å²) >= 11 is 0. The molecule has 1 aromatic rings. The van der Waals surface area contributed by atoms with Crippen LogP contribution < -0.4 is 4.74 Å². The zero-order valence-electron chi connectivity index (χ0n) is 19.8. The van der Waals surface area contributed by atoms with E-state index in [0.29, 0.717) is 6.04 Å². The van der Waals surface area contributed by atoms with Gasteiger partial charge in [-0.05, 0) is 37.7 Å². The number of alkyl halides is 6. The molecule has 1 aliphatic heterocycles. The first-order valence-corrected chi connectivity index (χ1v) is 11.3. The normalized spacial score (nSPS) is 23.6. The van der Waals surface area contributed by atoms with Gasteiger partial charge in [-0.25, -0.2) is 14.6 Å². The molecule has 0 unspecified atom stereocenters. The number of methoxy groups -OCH3 is 1. The maximum atomic E-state index is 10.6. The molecule has 3 fully saturated rings. The van der Waals surface area contributed by atoms with Crippen LogP contribution in [0.2, 0.25) is 0 Å². The van der Waals surface area contributed by atoms with Gasteiger partial charge in [-0.1, -0.05) is 6.07 Å². The van der Waals surface area contributed by atoms with Gasteiger partial charge in [0.2, 0.25) is 5.88 Å². The van der Waals surface area contributed by atoms with Crippen molar-refractivity contribution in [3.63, 3.8) is 0 Å². The Balaban J connectivity index is 0.000000286. The van der Waals surface area contributed by atoms with E-state index in [1.165, 1.54) is 12.8 Å². The van der Waals surface area contributed by atoms with Crippen molar-refractivity contribution in [2.45, 2.75) is 62.8 Å². The van der Waals surface area contributed by atoms with Gasteiger partial charge in [0, 0.05) is 37.5 Å². The smallest absolute Gasteiger partial charge is 0.481 e. The highest BCUT2D eigenvalue weighted by molar-refractivity contribution is 5.73. The Bertz CT molecular complexity index is 871. The van der Waals surface area contributed by atoms with E-state index in [4.69, 9.17) is 34.0 Å². The van der Waals surface area contributed by atoms with Crippen molar-refractivity contribution >= 4 is 11.9 Å². The number of carbonyl (C=O) groups is 2. The molecule has 2 aliphatic carbocycles. The predicted molar refractivity (Wildman–Crippen MR) is 114 cm³/mol. The SMILES string of the molecule is COc1ncccc1CN1CCO[C@H]2[C@@H](OCC3CC3)CC[C@@H]21.O=C(O)C(F)(F)F.O=C(O)C(F)(F)F. The fourth-order valence-corrected chi connectivity index (χ4v) is 3.86. The standard InChI is InChI=1S/C18H26N2O3.2C2HF3O2/c1-21-18-14(3-2-8-19-18)11-20-9-10-22-17-15(20)6-7-16(17)23-12-13-4-5-13;2*3-2(4,5)1(6)7/h2-3,8,13,15-17H,4-7,9-12H2,1H3;2*(H,6,7)/t15-,16-,17+;;/m0../s1. The lowest BCUT2D eigenvalue weighted by molar-refractivity contribution is -0.193. The molecule has 9 nitrogen and oxygen atoms in total. The number of hydrogen-bond acceptors (Lipinski definition) is 7. The molecular weight excluding hydrogens is 518 g/mol. The van der Waals surface area contributed by atoms with Gasteiger partial charge in [0.15, 0.2) is 0 Å². The highest BCUT2D eigenvalue weighted by Crippen LogP contribution is 2.36. The number of halogens is 6. The fraction of sp³-hybridized carbons (Fsp3) is 0.682. The third-order valence-corrected chi connectivity index (χ3v) is 5.80. The average Bonchev–Trinajstić information content (AvgIpc) is 3.56. The molecule has 2 N–H and O–H groups in total.